The summed E-state index contributed by atoms with van der Waals surface area (Å²) in [5, 5.41) is 8.33. The lowest BCUT2D eigenvalue weighted by Gasteiger charge is -2.07. The Morgan fingerprint density at radius 3 is 2.48 bits per heavy atom. The molecule has 0 saturated carbocycles. The average Bonchev–Trinajstić information content (AvgIpc) is 3.03. The van der Waals surface area contributed by atoms with E-state index in [0.29, 0.717) is 16.8 Å². The SMILES string of the molecule is O=c1[nH]nc(-c2cccs2)cc1Cc1ccc(C(F)(F)F)cc1. The van der Waals surface area contributed by atoms with Gasteiger partial charge in [-0.1, -0.05) is 18.2 Å². The number of hydrogen-bond acceptors (Lipinski definition) is 3. The molecule has 3 nitrogen and oxygen atoms in total. The summed E-state index contributed by atoms with van der Waals surface area (Å²) in [4.78, 5) is 12.8. The van der Waals surface area contributed by atoms with Crippen molar-refractivity contribution in [1.82, 2.24) is 10.2 Å². The van der Waals surface area contributed by atoms with E-state index in [1.807, 2.05) is 17.5 Å². The van der Waals surface area contributed by atoms with Crippen LogP contribution in [0.5, 0.6) is 0 Å². The molecule has 0 saturated heterocycles. The van der Waals surface area contributed by atoms with Crippen LogP contribution < -0.4 is 5.56 Å². The first-order valence-electron chi connectivity index (χ1n) is 6.72. The minimum atomic E-state index is -4.36. The van der Waals surface area contributed by atoms with Crippen molar-refractivity contribution in [3.05, 3.63) is 74.9 Å². The number of thiophene rings is 1. The van der Waals surface area contributed by atoms with Gasteiger partial charge in [0.2, 0.25) is 0 Å². The van der Waals surface area contributed by atoms with Crippen LogP contribution in [0, 0.1) is 0 Å². The highest BCUT2D eigenvalue weighted by molar-refractivity contribution is 7.13. The van der Waals surface area contributed by atoms with Crippen molar-refractivity contribution >= 4 is 11.3 Å². The number of nitrogens with one attached hydrogen (secondary N) is 1. The Morgan fingerprint density at radius 2 is 1.87 bits per heavy atom. The predicted molar refractivity (Wildman–Crippen MR) is 82.4 cm³/mol. The van der Waals surface area contributed by atoms with Gasteiger partial charge in [-0.2, -0.15) is 18.3 Å². The molecule has 3 aromatic rings. The van der Waals surface area contributed by atoms with Crippen LogP contribution in [0.15, 0.2) is 52.6 Å². The number of halogens is 3. The number of aromatic amines is 1. The lowest BCUT2D eigenvalue weighted by atomic mass is 10.0. The third kappa shape index (κ3) is 3.50. The molecule has 2 aromatic heterocycles. The third-order valence-corrected chi connectivity index (χ3v) is 4.22. The van der Waals surface area contributed by atoms with Crippen LogP contribution in [0.4, 0.5) is 13.2 Å². The molecule has 0 fully saturated rings. The van der Waals surface area contributed by atoms with Crippen molar-refractivity contribution in [2.45, 2.75) is 12.6 Å². The molecule has 2 heterocycles. The Hall–Kier alpha value is -2.41. The fraction of sp³-hybridized carbons (Fsp3) is 0.125. The molecular formula is C16H11F3N2OS. The minimum Gasteiger partial charge on any atom is -0.268 e. The standard InChI is InChI=1S/C16H11F3N2OS/c17-16(18,19)12-5-3-10(4-6-12)8-11-9-13(20-21-15(11)22)14-2-1-7-23-14/h1-7,9H,8H2,(H,21,22). The summed E-state index contributed by atoms with van der Waals surface area (Å²) in [5.41, 5.74) is 0.686. The number of aromatic nitrogens is 2. The Kier molecular flexibility index (Phi) is 4.04. The molecule has 7 heteroatoms. The quantitative estimate of drug-likeness (QED) is 0.782. The molecule has 3 rings (SSSR count). The largest absolute Gasteiger partial charge is 0.416 e. The Morgan fingerprint density at radius 1 is 1.13 bits per heavy atom. The molecule has 1 aromatic carbocycles. The van der Waals surface area contributed by atoms with Gasteiger partial charge in [0.05, 0.1) is 10.4 Å². The van der Waals surface area contributed by atoms with Gasteiger partial charge in [0.1, 0.15) is 5.69 Å². The van der Waals surface area contributed by atoms with Gasteiger partial charge in [-0.3, -0.25) is 4.79 Å². The molecule has 0 radical (unpaired) electrons. The highest BCUT2D eigenvalue weighted by Gasteiger charge is 2.29. The van der Waals surface area contributed by atoms with Crippen molar-refractivity contribution in [3.63, 3.8) is 0 Å². The fourth-order valence-electron chi connectivity index (χ4n) is 2.16. The lowest BCUT2D eigenvalue weighted by molar-refractivity contribution is -0.137. The number of nitrogens with zero attached hydrogens (tertiary/aromatic N) is 1. The molecule has 118 valence electrons. The smallest absolute Gasteiger partial charge is 0.268 e. The number of alkyl halides is 3. The minimum absolute atomic E-state index is 0.244. The molecule has 0 amide bonds. The zero-order chi connectivity index (χ0) is 16.4. The van der Waals surface area contributed by atoms with Gasteiger partial charge in [0.25, 0.3) is 5.56 Å². The van der Waals surface area contributed by atoms with Gasteiger partial charge in [0.15, 0.2) is 0 Å². The molecule has 0 aliphatic carbocycles. The van der Waals surface area contributed by atoms with Crippen LogP contribution in [0.1, 0.15) is 16.7 Å². The zero-order valence-corrected chi connectivity index (χ0v) is 12.5. The zero-order valence-electron chi connectivity index (χ0n) is 11.7. The van der Waals surface area contributed by atoms with E-state index in [1.165, 1.54) is 23.5 Å². The normalized spacial score (nSPS) is 11.6. The van der Waals surface area contributed by atoms with E-state index >= 15 is 0 Å². The second-order valence-corrected chi connectivity index (χ2v) is 5.90. The van der Waals surface area contributed by atoms with Crippen LogP contribution in [0.2, 0.25) is 0 Å². The van der Waals surface area contributed by atoms with E-state index in [1.54, 1.807) is 6.07 Å². The summed E-state index contributed by atoms with van der Waals surface area (Å²) in [5.74, 6) is 0. The maximum absolute atomic E-state index is 12.6. The van der Waals surface area contributed by atoms with Crippen LogP contribution >= 0.6 is 11.3 Å². The van der Waals surface area contributed by atoms with Crippen molar-refractivity contribution in [2.24, 2.45) is 0 Å². The van der Waals surface area contributed by atoms with E-state index in [2.05, 4.69) is 10.2 Å². The monoisotopic (exact) mass is 336 g/mol. The first-order valence-corrected chi connectivity index (χ1v) is 7.60. The molecule has 0 unspecified atom stereocenters. The Labute approximate surface area is 133 Å². The number of rotatable bonds is 3. The highest BCUT2D eigenvalue weighted by Crippen LogP contribution is 2.29. The Bertz CT molecular complexity index is 852. The average molecular weight is 336 g/mol. The van der Waals surface area contributed by atoms with E-state index in [4.69, 9.17) is 0 Å². The van der Waals surface area contributed by atoms with Gasteiger partial charge in [-0.25, -0.2) is 5.10 Å². The van der Waals surface area contributed by atoms with Crippen molar-refractivity contribution < 1.29 is 13.2 Å². The number of H-pyrrole nitrogens is 1. The van der Waals surface area contributed by atoms with E-state index in [9.17, 15) is 18.0 Å². The first kappa shape index (κ1) is 15.5. The summed E-state index contributed by atoms with van der Waals surface area (Å²) < 4.78 is 37.7. The molecule has 23 heavy (non-hydrogen) atoms. The summed E-state index contributed by atoms with van der Waals surface area (Å²) in [6.45, 7) is 0. The van der Waals surface area contributed by atoms with Gasteiger partial charge in [-0.15, -0.1) is 11.3 Å². The maximum atomic E-state index is 12.6. The molecule has 0 spiro atoms. The van der Waals surface area contributed by atoms with Gasteiger partial charge in [0, 0.05) is 12.0 Å². The van der Waals surface area contributed by atoms with Crippen LogP contribution in [0.25, 0.3) is 10.6 Å². The molecule has 1 N–H and O–H groups in total. The van der Waals surface area contributed by atoms with Crippen molar-refractivity contribution in [1.29, 1.82) is 0 Å². The van der Waals surface area contributed by atoms with Crippen LogP contribution in [0.3, 0.4) is 0 Å². The summed E-state index contributed by atoms with van der Waals surface area (Å²) in [7, 11) is 0. The Balaban J connectivity index is 1.88. The van der Waals surface area contributed by atoms with Gasteiger partial charge < -0.3 is 0 Å². The summed E-state index contributed by atoms with van der Waals surface area (Å²) in [6.07, 6.45) is -4.12. The summed E-state index contributed by atoms with van der Waals surface area (Å²) >= 11 is 1.49. The fourth-order valence-corrected chi connectivity index (χ4v) is 2.85. The second kappa shape index (κ2) is 6.00. The maximum Gasteiger partial charge on any atom is 0.416 e. The van der Waals surface area contributed by atoms with E-state index in [0.717, 1.165) is 17.0 Å². The van der Waals surface area contributed by atoms with Crippen molar-refractivity contribution in [3.8, 4) is 10.6 Å². The highest BCUT2D eigenvalue weighted by atomic mass is 32.1. The van der Waals surface area contributed by atoms with Crippen LogP contribution in [-0.4, -0.2) is 10.2 Å². The number of hydrogen-bond donors (Lipinski definition) is 1. The van der Waals surface area contributed by atoms with Crippen molar-refractivity contribution in [2.75, 3.05) is 0 Å². The van der Waals surface area contributed by atoms with Gasteiger partial charge in [-0.05, 0) is 35.2 Å². The molecule has 0 aliphatic rings. The first-order chi connectivity index (χ1) is 10.9. The molecule has 0 bridgehead atoms. The summed E-state index contributed by atoms with van der Waals surface area (Å²) in [6, 6.07) is 10.2. The van der Waals surface area contributed by atoms with E-state index in [-0.39, 0.29) is 12.0 Å². The molecule has 0 aliphatic heterocycles. The predicted octanol–water partition coefficient (Wildman–Crippen LogP) is 4.11. The third-order valence-electron chi connectivity index (χ3n) is 3.33. The molecular weight excluding hydrogens is 325 g/mol. The topological polar surface area (TPSA) is 45.8 Å². The number of benzene rings is 1. The van der Waals surface area contributed by atoms with Gasteiger partial charge >= 0.3 is 6.18 Å². The molecule has 0 atom stereocenters. The van der Waals surface area contributed by atoms with Crippen LogP contribution in [-0.2, 0) is 12.6 Å². The second-order valence-electron chi connectivity index (χ2n) is 4.96. The lowest BCUT2D eigenvalue weighted by Crippen LogP contribution is -2.15. The van der Waals surface area contributed by atoms with E-state index < -0.39 is 11.7 Å².